The van der Waals surface area contributed by atoms with E-state index in [4.69, 9.17) is 24.2 Å². The number of alkyl carbamates (subject to hydrolysis) is 1. The quantitative estimate of drug-likeness (QED) is 0.314. The number of carboxylic acid groups (broad SMARTS) is 1. The lowest BCUT2D eigenvalue weighted by molar-refractivity contribution is -0.144. The predicted molar refractivity (Wildman–Crippen MR) is 177 cm³/mol. The molecule has 51 heavy (non-hydrogen) atoms. The van der Waals surface area contributed by atoms with E-state index in [0.717, 1.165) is 6.42 Å². The van der Waals surface area contributed by atoms with Gasteiger partial charge < -0.3 is 34.9 Å². The average Bonchev–Trinajstić information content (AvgIpc) is 3.65. The van der Waals surface area contributed by atoms with Crippen molar-refractivity contribution in [3.8, 4) is 22.9 Å². The number of hydrogen-bond donors (Lipinski definition) is 3. The van der Waals surface area contributed by atoms with E-state index in [-0.39, 0.29) is 43.3 Å². The summed E-state index contributed by atoms with van der Waals surface area (Å²) in [4.78, 5) is 64.3. The van der Waals surface area contributed by atoms with Gasteiger partial charge in [-0.25, -0.2) is 19.6 Å². The number of cyclic esters (lactones) is 1. The molecule has 0 spiro atoms. The molecule has 1 aliphatic carbocycles. The minimum Gasteiger partial charge on any atom is -0.487 e. The van der Waals surface area contributed by atoms with Gasteiger partial charge in [0.25, 0.3) is 0 Å². The van der Waals surface area contributed by atoms with Crippen LogP contribution in [0, 0.1) is 11.8 Å². The summed E-state index contributed by atoms with van der Waals surface area (Å²) in [5.74, 6) is -7.26. The number of rotatable bonds is 1. The summed E-state index contributed by atoms with van der Waals surface area (Å²) in [6.07, 6.45) is 4.48. The third kappa shape index (κ3) is 7.28. The molecule has 2 fully saturated rings. The second-order valence-corrected chi connectivity index (χ2v) is 13.5. The zero-order valence-electron chi connectivity index (χ0n) is 27.6. The largest absolute Gasteiger partial charge is 0.487 e. The summed E-state index contributed by atoms with van der Waals surface area (Å²) in [6, 6.07) is 12.1. The number of fused-ring (bicyclic) bond motifs is 10. The molecule has 3 aromatic rings. The molecular weight excluding hydrogens is 668 g/mol. The predicted octanol–water partition coefficient (Wildman–Crippen LogP) is 4.10. The summed E-state index contributed by atoms with van der Waals surface area (Å²) in [5, 5.41) is 15.4. The maximum absolute atomic E-state index is 14.9. The lowest BCUT2D eigenvalue weighted by atomic mass is 10.0. The highest BCUT2D eigenvalue weighted by atomic mass is 19.3. The first-order valence-electron chi connectivity index (χ1n) is 17.0. The molecule has 1 saturated carbocycles. The van der Waals surface area contributed by atoms with Crippen molar-refractivity contribution in [2.75, 3.05) is 26.3 Å². The summed E-state index contributed by atoms with van der Waals surface area (Å²) < 4.78 is 46.5. The first kappa shape index (κ1) is 34.1. The number of nitrogens with one attached hydrogen (secondary N) is 2. The summed E-state index contributed by atoms with van der Waals surface area (Å²) >= 11 is 0. The molecule has 0 radical (unpaired) electrons. The number of para-hydroxylation sites is 2. The van der Waals surface area contributed by atoms with Gasteiger partial charge in [0, 0.05) is 18.0 Å². The maximum Gasteiger partial charge on any atom is 0.408 e. The Kier molecular flexibility index (Phi) is 9.21. The maximum atomic E-state index is 14.9. The highest BCUT2D eigenvalue weighted by molar-refractivity contribution is 5.93. The van der Waals surface area contributed by atoms with Gasteiger partial charge in [0.2, 0.25) is 17.7 Å². The molecule has 13 nitrogen and oxygen atoms in total. The second-order valence-electron chi connectivity index (χ2n) is 13.5. The molecule has 5 atom stereocenters. The van der Waals surface area contributed by atoms with Crippen LogP contribution in [-0.4, -0.2) is 93.8 Å². The Balaban J connectivity index is 1.31. The number of amides is 3. The van der Waals surface area contributed by atoms with E-state index in [1.165, 1.54) is 17.0 Å². The number of allylic oxidation sites excluding steroid dienone is 1. The van der Waals surface area contributed by atoms with Crippen molar-refractivity contribution in [1.82, 2.24) is 25.5 Å². The number of carboxylic acids is 1. The second kappa shape index (κ2) is 13.8. The van der Waals surface area contributed by atoms with Crippen LogP contribution in [-0.2, 0) is 19.1 Å². The van der Waals surface area contributed by atoms with Crippen LogP contribution in [0.4, 0.5) is 13.6 Å². The fourth-order valence-corrected chi connectivity index (χ4v) is 6.84. The molecular formula is C36H37F2N5O8. The van der Waals surface area contributed by atoms with E-state index in [1.807, 2.05) is 12.2 Å². The van der Waals surface area contributed by atoms with Crippen LogP contribution in [0.25, 0.3) is 22.3 Å². The lowest BCUT2D eigenvalue weighted by Gasteiger charge is -2.25. The van der Waals surface area contributed by atoms with Gasteiger partial charge in [0.1, 0.15) is 29.1 Å². The van der Waals surface area contributed by atoms with Crippen LogP contribution in [0.1, 0.15) is 38.5 Å². The molecule has 4 aliphatic rings. The van der Waals surface area contributed by atoms with Gasteiger partial charge in [0.05, 0.1) is 23.5 Å². The van der Waals surface area contributed by atoms with Gasteiger partial charge >= 0.3 is 18.0 Å². The minimum atomic E-state index is -3.57. The Morgan fingerprint density at radius 3 is 2.55 bits per heavy atom. The topological polar surface area (TPSA) is 169 Å². The van der Waals surface area contributed by atoms with Crippen molar-refractivity contribution in [3.63, 3.8) is 0 Å². The third-order valence-corrected chi connectivity index (χ3v) is 9.75. The number of aromatic nitrogens is 2. The van der Waals surface area contributed by atoms with Gasteiger partial charge in [-0.2, -0.15) is 8.78 Å². The van der Waals surface area contributed by atoms with Gasteiger partial charge in [-0.1, -0.05) is 49.3 Å². The van der Waals surface area contributed by atoms with Crippen LogP contribution in [0.5, 0.6) is 11.6 Å². The Morgan fingerprint density at radius 1 is 0.961 bits per heavy atom. The fraction of sp³-hybridized carbons (Fsp3) is 0.444. The average molecular weight is 706 g/mol. The van der Waals surface area contributed by atoms with Crippen LogP contribution in [0.3, 0.4) is 0 Å². The smallest absolute Gasteiger partial charge is 0.408 e. The van der Waals surface area contributed by atoms with E-state index in [2.05, 4.69) is 10.6 Å². The van der Waals surface area contributed by atoms with Crippen LogP contribution >= 0.6 is 0 Å². The van der Waals surface area contributed by atoms with E-state index in [1.54, 1.807) is 36.4 Å². The molecule has 15 heteroatoms. The molecule has 3 amide bonds. The van der Waals surface area contributed by atoms with Crippen molar-refractivity contribution in [2.24, 2.45) is 11.8 Å². The molecule has 4 heterocycles. The zero-order chi connectivity index (χ0) is 35.8. The molecule has 3 N–H and O–H groups in total. The van der Waals surface area contributed by atoms with Crippen LogP contribution in [0.15, 0.2) is 60.7 Å². The number of carbonyl (C=O) groups is 4. The highest BCUT2D eigenvalue weighted by Crippen LogP contribution is 2.45. The van der Waals surface area contributed by atoms with Crippen molar-refractivity contribution in [2.45, 2.75) is 62.1 Å². The third-order valence-electron chi connectivity index (χ3n) is 9.75. The van der Waals surface area contributed by atoms with Crippen LogP contribution in [0.2, 0.25) is 0 Å². The van der Waals surface area contributed by atoms with E-state index < -0.39 is 72.5 Å². The van der Waals surface area contributed by atoms with E-state index in [0.29, 0.717) is 35.9 Å². The molecule has 6 bridgehead atoms. The number of nitrogens with zero attached hydrogens (tertiary/aromatic N) is 3. The molecule has 3 aliphatic heterocycles. The summed E-state index contributed by atoms with van der Waals surface area (Å²) in [6.45, 7) is -2.68. The number of hydrogen-bond acceptors (Lipinski definition) is 9. The summed E-state index contributed by atoms with van der Waals surface area (Å²) in [7, 11) is 0. The molecule has 1 saturated heterocycles. The van der Waals surface area contributed by atoms with Crippen molar-refractivity contribution in [3.05, 3.63) is 60.7 Å². The minimum absolute atomic E-state index is 0.0127. The Hall–Kier alpha value is -5.34. The fourth-order valence-electron chi connectivity index (χ4n) is 6.84. The van der Waals surface area contributed by atoms with Crippen LogP contribution < -0.4 is 20.1 Å². The monoisotopic (exact) mass is 705 g/mol. The van der Waals surface area contributed by atoms with Gasteiger partial charge in [-0.3, -0.25) is 9.59 Å². The SMILES string of the molecule is O=C1N[C@H]2CCCCC/C=C/[C@@H]3C[C@]3(C(=O)O)NC(=O)C3CN(C[C@@H]3Oc3nc4ccccc4nc3-c3cccc(c3)OCC(F)(F)CO1)C2=O. The Bertz CT molecular complexity index is 1890. The van der Waals surface area contributed by atoms with E-state index in [9.17, 15) is 33.1 Å². The Labute approximate surface area is 291 Å². The Morgan fingerprint density at radius 2 is 1.75 bits per heavy atom. The summed E-state index contributed by atoms with van der Waals surface area (Å²) in [5.41, 5.74) is 0.140. The van der Waals surface area contributed by atoms with Crippen molar-refractivity contribution in [1.29, 1.82) is 0 Å². The molecule has 2 aromatic carbocycles. The zero-order valence-corrected chi connectivity index (χ0v) is 27.6. The normalized spacial score (nSPS) is 28.8. The van der Waals surface area contributed by atoms with Gasteiger partial charge in [-0.15, -0.1) is 0 Å². The first-order valence-corrected chi connectivity index (χ1v) is 17.0. The molecule has 7 rings (SSSR count). The van der Waals surface area contributed by atoms with E-state index >= 15 is 0 Å². The van der Waals surface area contributed by atoms with Gasteiger partial charge in [0.15, 0.2) is 13.2 Å². The highest BCUT2D eigenvalue weighted by Gasteiger charge is 2.61. The standard InChI is InChI=1S/C36H37F2N5O8/c37-35(38)19-49-23-11-8-9-21(15-23)29-31(40-26-13-7-6-12-25(26)39-29)51-28-18-43-17-24(28)30(44)42-36(33(46)47)16-22(36)10-4-2-1-3-5-14-27(32(43)45)41-34(48)50-20-35/h4,6-13,15,22,24,27-28H,1-3,5,14,16-20H2,(H,41,48)(H,42,44)(H,46,47)/b10-4+/t22-,24?,27+,28+,36+/m1/s1. The molecule has 268 valence electrons. The number of carbonyl (C=O) groups excluding carboxylic acids is 3. The molecule has 1 unspecified atom stereocenters. The number of halogens is 2. The number of benzene rings is 2. The van der Waals surface area contributed by atoms with Crippen molar-refractivity contribution < 1.29 is 47.3 Å². The number of ether oxygens (including phenoxy) is 3. The molecule has 1 aromatic heterocycles. The lowest BCUT2D eigenvalue weighted by Crippen LogP contribution is -2.50. The van der Waals surface area contributed by atoms with Gasteiger partial charge in [-0.05, 0) is 49.9 Å². The number of aliphatic carboxylic acids is 1. The first-order chi connectivity index (χ1) is 24.5. The number of alkyl halides is 2. The van der Waals surface area contributed by atoms with Crippen molar-refractivity contribution >= 4 is 34.9 Å².